The average Bonchev–Trinajstić information content (AvgIpc) is 2.29. The number of carboxylic acids is 1. The van der Waals surface area contributed by atoms with Crippen LogP contribution in [0.5, 0.6) is 0 Å². The van der Waals surface area contributed by atoms with E-state index in [0.29, 0.717) is 11.6 Å². The van der Waals surface area contributed by atoms with Crippen LogP contribution in [-0.2, 0) is 6.54 Å². The summed E-state index contributed by atoms with van der Waals surface area (Å²) in [5, 5.41) is 8.92. The van der Waals surface area contributed by atoms with Crippen LogP contribution in [0.1, 0.15) is 42.6 Å². The third kappa shape index (κ3) is 4.19. The molecule has 1 aromatic carbocycles. The Balaban J connectivity index is 2.68. The molecule has 0 saturated heterocycles. The van der Waals surface area contributed by atoms with Crippen LogP contribution in [0.25, 0.3) is 0 Å². The number of rotatable bonds is 6. The second-order valence-corrected chi connectivity index (χ2v) is 4.56. The van der Waals surface area contributed by atoms with Gasteiger partial charge in [0.2, 0.25) is 0 Å². The lowest BCUT2D eigenvalue weighted by molar-refractivity contribution is 0.0696. The highest BCUT2D eigenvalue weighted by atomic mass is 16.4. The van der Waals surface area contributed by atoms with Crippen molar-refractivity contribution in [3.63, 3.8) is 0 Å². The van der Waals surface area contributed by atoms with Crippen molar-refractivity contribution in [3.05, 3.63) is 35.4 Å². The van der Waals surface area contributed by atoms with Gasteiger partial charge in [-0.15, -0.1) is 0 Å². The lowest BCUT2D eigenvalue weighted by Crippen LogP contribution is -2.28. The minimum absolute atomic E-state index is 0.360. The summed E-state index contributed by atoms with van der Waals surface area (Å²) in [6.07, 6.45) is 2.33. The van der Waals surface area contributed by atoms with Gasteiger partial charge in [-0.25, -0.2) is 4.79 Å². The third-order valence-electron chi connectivity index (χ3n) is 3.06. The van der Waals surface area contributed by atoms with Crippen molar-refractivity contribution < 1.29 is 9.90 Å². The maximum Gasteiger partial charge on any atom is 0.335 e. The maximum atomic E-state index is 10.9. The van der Waals surface area contributed by atoms with Crippen molar-refractivity contribution >= 4 is 5.97 Å². The Kier molecular flexibility index (Phi) is 5.16. The van der Waals surface area contributed by atoms with Crippen molar-refractivity contribution in [1.29, 1.82) is 0 Å². The number of aromatic carboxylic acids is 1. The minimum Gasteiger partial charge on any atom is -0.478 e. The topological polar surface area (TPSA) is 40.5 Å². The molecule has 1 aromatic rings. The number of hydrogen-bond acceptors (Lipinski definition) is 2. The molecule has 3 heteroatoms. The van der Waals surface area contributed by atoms with Crippen LogP contribution in [0.4, 0.5) is 0 Å². The molecule has 0 aliphatic rings. The van der Waals surface area contributed by atoms with Gasteiger partial charge in [-0.1, -0.05) is 25.5 Å². The molecule has 1 unspecified atom stereocenters. The molecule has 0 bridgehead atoms. The van der Waals surface area contributed by atoms with Gasteiger partial charge in [0.15, 0.2) is 0 Å². The van der Waals surface area contributed by atoms with Crippen molar-refractivity contribution in [3.8, 4) is 0 Å². The molecule has 0 radical (unpaired) electrons. The molecule has 0 heterocycles. The summed E-state index contributed by atoms with van der Waals surface area (Å²) in [6.45, 7) is 5.17. The van der Waals surface area contributed by atoms with E-state index in [4.69, 9.17) is 5.11 Å². The van der Waals surface area contributed by atoms with Crippen molar-refractivity contribution in [2.24, 2.45) is 0 Å². The van der Waals surface area contributed by atoms with E-state index in [0.717, 1.165) is 18.5 Å². The predicted molar refractivity (Wildman–Crippen MR) is 69.2 cm³/mol. The molecule has 1 atom stereocenters. The Bertz CT molecular complexity index is 376. The first-order valence-electron chi connectivity index (χ1n) is 6.07. The normalized spacial score (nSPS) is 12.7. The molecule has 1 rings (SSSR count). The van der Waals surface area contributed by atoms with Gasteiger partial charge in [0.1, 0.15) is 0 Å². The van der Waals surface area contributed by atoms with Crippen LogP contribution in [0.3, 0.4) is 0 Å². The molecule has 0 aromatic heterocycles. The maximum absolute atomic E-state index is 10.9. The Hall–Kier alpha value is -1.35. The van der Waals surface area contributed by atoms with Gasteiger partial charge in [0.25, 0.3) is 0 Å². The van der Waals surface area contributed by atoms with E-state index in [2.05, 4.69) is 25.8 Å². The zero-order valence-corrected chi connectivity index (χ0v) is 10.8. The number of hydrogen-bond donors (Lipinski definition) is 1. The SMILES string of the molecule is CCCC(C)N(C)Cc1cccc(C(=O)O)c1. The molecule has 0 fully saturated rings. The van der Waals surface area contributed by atoms with E-state index >= 15 is 0 Å². The first-order chi connectivity index (χ1) is 8.04. The lowest BCUT2D eigenvalue weighted by atomic mass is 10.1. The largest absolute Gasteiger partial charge is 0.478 e. The standard InChI is InChI=1S/C14H21NO2/c1-4-6-11(2)15(3)10-12-7-5-8-13(9-12)14(16)17/h5,7-9,11H,4,6,10H2,1-3H3,(H,16,17). The summed E-state index contributed by atoms with van der Waals surface area (Å²) in [5.41, 5.74) is 1.41. The van der Waals surface area contributed by atoms with Crippen LogP contribution < -0.4 is 0 Å². The smallest absolute Gasteiger partial charge is 0.335 e. The Morgan fingerprint density at radius 2 is 2.18 bits per heavy atom. The number of benzene rings is 1. The zero-order valence-electron chi connectivity index (χ0n) is 10.8. The summed E-state index contributed by atoms with van der Waals surface area (Å²) >= 11 is 0. The summed E-state index contributed by atoms with van der Waals surface area (Å²) in [4.78, 5) is 13.1. The average molecular weight is 235 g/mol. The van der Waals surface area contributed by atoms with E-state index in [-0.39, 0.29) is 0 Å². The molecule has 17 heavy (non-hydrogen) atoms. The molecule has 1 N–H and O–H groups in total. The van der Waals surface area contributed by atoms with Crippen molar-refractivity contribution in [2.45, 2.75) is 39.3 Å². The molecular weight excluding hydrogens is 214 g/mol. The minimum atomic E-state index is -0.865. The van der Waals surface area contributed by atoms with E-state index in [1.165, 1.54) is 6.42 Å². The molecule has 3 nitrogen and oxygen atoms in total. The molecule has 0 spiro atoms. The second kappa shape index (κ2) is 6.40. The van der Waals surface area contributed by atoms with Gasteiger partial charge in [-0.2, -0.15) is 0 Å². The Morgan fingerprint density at radius 3 is 2.76 bits per heavy atom. The van der Waals surface area contributed by atoms with E-state index < -0.39 is 5.97 Å². The summed E-state index contributed by atoms with van der Waals surface area (Å²) < 4.78 is 0. The fourth-order valence-electron chi connectivity index (χ4n) is 1.88. The zero-order chi connectivity index (χ0) is 12.8. The number of carbonyl (C=O) groups is 1. The monoisotopic (exact) mass is 235 g/mol. The third-order valence-corrected chi connectivity index (χ3v) is 3.06. The van der Waals surface area contributed by atoms with E-state index in [1.807, 2.05) is 6.07 Å². The van der Waals surface area contributed by atoms with Gasteiger partial charge < -0.3 is 5.11 Å². The molecule has 0 aliphatic heterocycles. The second-order valence-electron chi connectivity index (χ2n) is 4.56. The highest BCUT2D eigenvalue weighted by Gasteiger charge is 2.09. The first-order valence-corrected chi connectivity index (χ1v) is 6.07. The lowest BCUT2D eigenvalue weighted by Gasteiger charge is -2.24. The van der Waals surface area contributed by atoms with E-state index in [9.17, 15) is 4.79 Å². The van der Waals surface area contributed by atoms with Crippen LogP contribution in [-0.4, -0.2) is 29.1 Å². The van der Waals surface area contributed by atoms with Gasteiger partial charge in [-0.05, 0) is 38.1 Å². The van der Waals surface area contributed by atoms with Gasteiger partial charge in [0, 0.05) is 12.6 Å². The Labute approximate surface area is 103 Å². The molecular formula is C14H21NO2. The fraction of sp³-hybridized carbons (Fsp3) is 0.500. The molecule has 0 saturated carbocycles. The van der Waals surface area contributed by atoms with Crippen LogP contribution in [0.15, 0.2) is 24.3 Å². The quantitative estimate of drug-likeness (QED) is 0.824. The van der Waals surface area contributed by atoms with Crippen molar-refractivity contribution in [1.82, 2.24) is 4.90 Å². The van der Waals surface area contributed by atoms with Gasteiger partial charge in [0.05, 0.1) is 5.56 Å². The van der Waals surface area contributed by atoms with Crippen molar-refractivity contribution in [2.75, 3.05) is 7.05 Å². The van der Waals surface area contributed by atoms with Gasteiger partial charge in [-0.3, -0.25) is 4.90 Å². The summed E-state index contributed by atoms with van der Waals surface area (Å²) in [7, 11) is 2.08. The van der Waals surface area contributed by atoms with Gasteiger partial charge >= 0.3 is 5.97 Å². The molecule has 94 valence electrons. The fourth-order valence-corrected chi connectivity index (χ4v) is 1.88. The van der Waals surface area contributed by atoms with Crippen LogP contribution >= 0.6 is 0 Å². The highest BCUT2D eigenvalue weighted by Crippen LogP contribution is 2.11. The van der Waals surface area contributed by atoms with E-state index in [1.54, 1.807) is 18.2 Å². The predicted octanol–water partition coefficient (Wildman–Crippen LogP) is 3.01. The molecule has 0 aliphatic carbocycles. The summed E-state index contributed by atoms with van der Waals surface area (Å²) in [6, 6.07) is 7.67. The number of carboxylic acid groups (broad SMARTS) is 1. The molecule has 0 amide bonds. The summed E-state index contributed by atoms with van der Waals surface area (Å²) in [5.74, 6) is -0.865. The number of nitrogens with zero attached hydrogens (tertiary/aromatic N) is 1. The Morgan fingerprint density at radius 1 is 1.47 bits per heavy atom. The van der Waals surface area contributed by atoms with Crippen LogP contribution in [0.2, 0.25) is 0 Å². The first kappa shape index (κ1) is 13.7. The van der Waals surface area contributed by atoms with Crippen LogP contribution in [0, 0.1) is 0 Å². The highest BCUT2D eigenvalue weighted by molar-refractivity contribution is 5.87.